The average Bonchev–Trinajstić information content (AvgIpc) is 2.14. The minimum atomic E-state index is -0.0408. The quantitative estimate of drug-likeness (QED) is 0.665. The van der Waals surface area contributed by atoms with Crippen LogP contribution in [0, 0.1) is 0 Å². The molecule has 0 N–H and O–H groups in total. The predicted molar refractivity (Wildman–Crippen MR) is 42.2 cm³/mol. The van der Waals surface area contributed by atoms with E-state index in [1.807, 2.05) is 0 Å². The fraction of sp³-hybridized carbons (Fsp3) is 0.333. The molecule has 0 bridgehead atoms. The Kier molecular flexibility index (Phi) is 9.88. The third kappa shape index (κ3) is 4.36. The molecule has 9 heavy (non-hydrogen) atoms. The zero-order valence-corrected chi connectivity index (χ0v) is 9.35. The normalized spacial score (nSPS) is 13.2. The third-order valence-corrected chi connectivity index (χ3v) is 3.58. The Morgan fingerprint density at radius 1 is 1.44 bits per heavy atom. The van der Waals surface area contributed by atoms with Crippen LogP contribution in [0.25, 0.3) is 0 Å². The van der Waals surface area contributed by atoms with Crippen molar-refractivity contribution < 1.29 is 23.2 Å². The van der Waals surface area contributed by atoms with Gasteiger partial charge in [0.05, 0.1) is 0 Å². The molecule has 0 fully saturated rings. The van der Waals surface area contributed by atoms with Crippen LogP contribution in [0.3, 0.4) is 0 Å². The van der Waals surface area contributed by atoms with Crippen LogP contribution < -0.4 is 0 Å². The SMILES string of the molecule is Cl.Cl.[CH3][Zr][C]1=CC=CC1. The summed E-state index contributed by atoms with van der Waals surface area (Å²) >= 11 is -0.0408. The van der Waals surface area contributed by atoms with Crippen LogP contribution in [0.1, 0.15) is 6.42 Å². The predicted octanol–water partition coefficient (Wildman–Crippen LogP) is 2.80. The summed E-state index contributed by atoms with van der Waals surface area (Å²) in [5, 5.41) is 0. The van der Waals surface area contributed by atoms with Crippen LogP contribution in [-0.4, -0.2) is 0 Å². The number of allylic oxidation sites excluding steroid dienone is 4. The molecule has 0 radical (unpaired) electrons. The molecule has 0 atom stereocenters. The van der Waals surface area contributed by atoms with Crippen molar-refractivity contribution in [1.29, 1.82) is 0 Å². The van der Waals surface area contributed by atoms with E-state index in [9.17, 15) is 0 Å². The van der Waals surface area contributed by atoms with Gasteiger partial charge in [-0.2, -0.15) is 0 Å². The first-order valence-corrected chi connectivity index (χ1v) is 6.15. The van der Waals surface area contributed by atoms with Crippen LogP contribution in [0.5, 0.6) is 0 Å². The molecule has 0 saturated carbocycles. The molecule has 0 spiro atoms. The molecule has 0 unspecified atom stereocenters. The monoisotopic (exact) mass is 242 g/mol. The van der Waals surface area contributed by atoms with E-state index >= 15 is 0 Å². The van der Waals surface area contributed by atoms with Gasteiger partial charge >= 0.3 is 55.8 Å². The van der Waals surface area contributed by atoms with E-state index in [0.29, 0.717) is 0 Å². The second-order valence-corrected chi connectivity index (χ2v) is 4.38. The summed E-state index contributed by atoms with van der Waals surface area (Å²) in [4.78, 5) is 0. The Morgan fingerprint density at radius 3 is 2.33 bits per heavy atom. The van der Waals surface area contributed by atoms with Crippen molar-refractivity contribution in [2.45, 2.75) is 11.1 Å². The molecule has 52 valence electrons. The van der Waals surface area contributed by atoms with E-state index in [0.717, 1.165) is 0 Å². The molecule has 1 aliphatic rings. The van der Waals surface area contributed by atoms with Gasteiger partial charge in [-0.15, -0.1) is 24.8 Å². The van der Waals surface area contributed by atoms with Gasteiger partial charge < -0.3 is 0 Å². The van der Waals surface area contributed by atoms with Crippen molar-refractivity contribution >= 4 is 24.8 Å². The van der Waals surface area contributed by atoms with Gasteiger partial charge in [0.25, 0.3) is 0 Å². The molecule has 3 heteroatoms. The van der Waals surface area contributed by atoms with Gasteiger partial charge in [0.1, 0.15) is 0 Å². The molecule has 0 amide bonds. The standard InChI is InChI=1S/C5H5.CH3.2ClH.Zr/c1-2-4-5-3-1;;;;/h1-3H,4H2;1H3;2*1H;. The molecular formula is C6H10Cl2Zr. The van der Waals surface area contributed by atoms with Gasteiger partial charge in [0.15, 0.2) is 0 Å². The van der Waals surface area contributed by atoms with E-state index < -0.39 is 0 Å². The van der Waals surface area contributed by atoms with Crippen molar-refractivity contribution in [3.05, 3.63) is 21.5 Å². The fourth-order valence-electron chi connectivity index (χ4n) is 0.633. The van der Waals surface area contributed by atoms with E-state index in [4.69, 9.17) is 0 Å². The zero-order valence-electron chi connectivity index (χ0n) is 5.26. The minimum absolute atomic E-state index is 0. The van der Waals surface area contributed by atoms with Crippen LogP contribution in [0.15, 0.2) is 21.5 Å². The van der Waals surface area contributed by atoms with E-state index in [1.165, 1.54) is 6.42 Å². The molecule has 1 aliphatic carbocycles. The summed E-state index contributed by atoms with van der Waals surface area (Å²) in [6, 6.07) is 0. The Balaban J connectivity index is 0. The molecule has 1 rings (SSSR count). The Labute approximate surface area is 80.2 Å². The van der Waals surface area contributed by atoms with Gasteiger partial charge in [-0.3, -0.25) is 0 Å². The molecule has 0 aliphatic heterocycles. The molecule has 0 aromatic carbocycles. The van der Waals surface area contributed by atoms with Gasteiger partial charge in [0, 0.05) is 0 Å². The summed E-state index contributed by atoms with van der Waals surface area (Å²) in [6.45, 7) is 0. The fourth-order valence-corrected chi connectivity index (χ4v) is 2.07. The van der Waals surface area contributed by atoms with Crippen LogP contribution in [0.4, 0.5) is 0 Å². The van der Waals surface area contributed by atoms with Crippen molar-refractivity contribution in [1.82, 2.24) is 0 Å². The van der Waals surface area contributed by atoms with E-state index in [1.54, 1.807) is 3.28 Å². The number of halogens is 2. The summed E-state index contributed by atoms with van der Waals surface area (Å²) < 4.78 is 4.09. The van der Waals surface area contributed by atoms with Crippen molar-refractivity contribution in [3.63, 3.8) is 0 Å². The number of rotatable bonds is 1. The van der Waals surface area contributed by atoms with Crippen LogP contribution >= 0.6 is 24.8 Å². The molecule has 0 aromatic heterocycles. The second-order valence-electron chi connectivity index (χ2n) is 1.57. The van der Waals surface area contributed by atoms with Crippen molar-refractivity contribution in [2.75, 3.05) is 0 Å². The summed E-state index contributed by atoms with van der Waals surface area (Å²) in [5.74, 6) is 0. The molecule has 0 heterocycles. The summed E-state index contributed by atoms with van der Waals surface area (Å²) in [7, 11) is 0. The number of hydrogen-bond acceptors (Lipinski definition) is 0. The summed E-state index contributed by atoms with van der Waals surface area (Å²) in [6.07, 6.45) is 7.94. The van der Waals surface area contributed by atoms with Gasteiger partial charge in [0.2, 0.25) is 0 Å². The maximum absolute atomic E-state index is 2.36. The van der Waals surface area contributed by atoms with E-state index in [-0.39, 0.29) is 48.0 Å². The van der Waals surface area contributed by atoms with Gasteiger partial charge in [-0.1, -0.05) is 0 Å². The average molecular weight is 244 g/mol. The first-order chi connectivity index (χ1) is 3.43. The Hall–Kier alpha value is 0.943. The molecule has 0 nitrogen and oxygen atoms in total. The first-order valence-electron chi connectivity index (χ1n) is 2.47. The van der Waals surface area contributed by atoms with E-state index in [2.05, 4.69) is 22.9 Å². The third-order valence-electron chi connectivity index (χ3n) is 1.09. The first kappa shape index (κ1) is 12.6. The summed E-state index contributed by atoms with van der Waals surface area (Å²) in [5.41, 5.74) is 0. The molecule has 0 saturated heterocycles. The topological polar surface area (TPSA) is 0 Å². The van der Waals surface area contributed by atoms with Crippen molar-refractivity contribution in [3.8, 4) is 0 Å². The number of hydrogen-bond donors (Lipinski definition) is 0. The second kappa shape index (κ2) is 7.05. The van der Waals surface area contributed by atoms with Crippen molar-refractivity contribution in [2.24, 2.45) is 0 Å². The van der Waals surface area contributed by atoms with Gasteiger partial charge in [-0.05, 0) is 0 Å². The van der Waals surface area contributed by atoms with Crippen LogP contribution in [0.2, 0.25) is 4.63 Å². The molecular weight excluding hydrogens is 234 g/mol. The zero-order chi connectivity index (χ0) is 5.11. The molecule has 0 aromatic rings. The van der Waals surface area contributed by atoms with Gasteiger partial charge in [-0.25, -0.2) is 0 Å². The maximum atomic E-state index is 2.36. The van der Waals surface area contributed by atoms with Crippen LogP contribution in [-0.2, 0) is 23.2 Å². The Bertz CT molecular complexity index is 118. The Morgan fingerprint density at radius 2 is 2.11 bits per heavy atom.